The highest BCUT2D eigenvalue weighted by atomic mass is 16.5. The van der Waals surface area contributed by atoms with E-state index >= 15 is 0 Å². The van der Waals surface area contributed by atoms with Crippen LogP contribution in [0.1, 0.15) is 16.7 Å². The molecule has 1 N–H and O–H groups in total. The SMILES string of the molecule is Cc1ccc(CC(=O)Nc2ccc(OCc3ccccc3)cc2)cc1. The van der Waals surface area contributed by atoms with E-state index < -0.39 is 0 Å². The van der Waals surface area contributed by atoms with Crippen molar-refractivity contribution >= 4 is 11.6 Å². The van der Waals surface area contributed by atoms with Crippen molar-refractivity contribution in [3.05, 3.63) is 95.6 Å². The van der Waals surface area contributed by atoms with E-state index in [9.17, 15) is 4.79 Å². The fourth-order valence-electron chi connectivity index (χ4n) is 2.47. The first kappa shape index (κ1) is 16.8. The van der Waals surface area contributed by atoms with Gasteiger partial charge in [0.1, 0.15) is 12.4 Å². The first-order valence-corrected chi connectivity index (χ1v) is 8.31. The molecule has 3 aromatic carbocycles. The molecular formula is C22H21NO2. The predicted molar refractivity (Wildman–Crippen MR) is 101 cm³/mol. The van der Waals surface area contributed by atoms with Crippen molar-refractivity contribution in [3.8, 4) is 5.75 Å². The molecule has 1 amide bonds. The highest BCUT2D eigenvalue weighted by Crippen LogP contribution is 2.17. The number of hydrogen-bond donors (Lipinski definition) is 1. The lowest BCUT2D eigenvalue weighted by Gasteiger charge is -2.09. The molecule has 0 radical (unpaired) electrons. The molecule has 0 atom stereocenters. The fourth-order valence-corrected chi connectivity index (χ4v) is 2.47. The Bertz CT molecular complexity index is 809. The summed E-state index contributed by atoms with van der Waals surface area (Å²) >= 11 is 0. The monoisotopic (exact) mass is 331 g/mol. The van der Waals surface area contributed by atoms with Crippen LogP contribution in [0.4, 0.5) is 5.69 Å². The quantitative estimate of drug-likeness (QED) is 0.707. The van der Waals surface area contributed by atoms with E-state index in [0.29, 0.717) is 13.0 Å². The zero-order valence-electron chi connectivity index (χ0n) is 14.2. The summed E-state index contributed by atoms with van der Waals surface area (Å²) in [6.07, 6.45) is 0.368. The highest BCUT2D eigenvalue weighted by molar-refractivity contribution is 5.92. The second-order valence-corrected chi connectivity index (χ2v) is 6.01. The fraction of sp³-hybridized carbons (Fsp3) is 0.136. The van der Waals surface area contributed by atoms with Gasteiger partial charge in [-0.15, -0.1) is 0 Å². The number of hydrogen-bond acceptors (Lipinski definition) is 2. The Hall–Kier alpha value is -3.07. The number of aryl methyl sites for hydroxylation is 1. The lowest BCUT2D eigenvalue weighted by atomic mass is 10.1. The maximum atomic E-state index is 12.1. The molecule has 0 fully saturated rings. The Labute approximate surface area is 148 Å². The highest BCUT2D eigenvalue weighted by Gasteiger charge is 2.04. The summed E-state index contributed by atoms with van der Waals surface area (Å²) in [6, 6.07) is 25.5. The van der Waals surface area contributed by atoms with Crippen LogP contribution in [0.25, 0.3) is 0 Å². The van der Waals surface area contributed by atoms with Gasteiger partial charge in [-0.25, -0.2) is 0 Å². The van der Waals surface area contributed by atoms with Crippen molar-refractivity contribution < 1.29 is 9.53 Å². The number of anilines is 1. The number of carbonyl (C=O) groups is 1. The van der Waals surface area contributed by atoms with Crippen LogP contribution in [0.5, 0.6) is 5.75 Å². The molecule has 0 saturated carbocycles. The molecule has 3 aromatic rings. The average Bonchev–Trinajstić information content (AvgIpc) is 2.64. The Balaban J connectivity index is 1.51. The maximum absolute atomic E-state index is 12.1. The van der Waals surface area contributed by atoms with Gasteiger partial charge in [-0.2, -0.15) is 0 Å². The minimum Gasteiger partial charge on any atom is -0.489 e. The smallest absolute Gasteiger partial charge is 0.228 e. The summed E-state index contributed by atoms with van der Waals surface area (Å²) in [5.74, 6) is 0.752. The zero-order valence-corrected chi connectivity index (χ0v) is 14.2. The molecule has 0 aliphatic rings. The van der Waals surface area contributed by atoms with Crippen molar-refractivity contribution in [1.29, 1.82) is 0 Å². The van der Waals surface area contributed by atoms with Gasteiger partial charge in [0.25, 0.3) is 0 Å². The van der Waals surface area contributed by atoms with Crippen LogP contribution >= 0.6 is 0 Å². The number of ether oxygens (including phenoxy) is 1. The van der Waals surface area contributed by atoms with Gasteiger partial charge in [0.15, 0.2) is 0 Å². The van der Waals surface area contributed by atoms with Gasteiger partial charge in [0.05, 0.1) is 6.42 Å². The minimum atomic E-state index is -0.0261. The van der Waals surface area contributed by atoms with E-state index in [1.165, 1.54) is 5.56 Å². The van der Waals surface area contributed by atoms with Gasteiger partial charge in [0.2, 0.25) is 5.91 Å². The van der Waals surface area contributed by atoms with Crippen LogP contribution in [0.15, 0.2) is 78.9 Å². The Morgan fingerprint density at radius 3 is 2.20 bits per heavy atom. The zero-order chi connectivity index (χ0) is 17.5. The molecule has 3 rings (SSSR count). The molecule has 126 valence electrons. The van der Waals surface area contributed by atoms with Crippen molar-refractivity contribution in [1.82, 2.24) is 0 Å². The molecular weight excluding hydrogens is 310 g/mol. The van der Waals surface area contributed by atoms with E-state index in [-0.39, 0.29) is 5.91 Å². The molecule has 3 nitrogen and oxygen atoms in total. The molecule has 0 bridgehead atoms. The van der Waals surface area contributed by atoms with Crippen molar-refractivity contribution in [3.63, 3.8) is 0 Å². The Morgan fingerprint density at radius 2 is 1.52 bits per heavy atom. The Kier molecular flexibility index (Phi) is 5.47. The van der Waals surface area contributed by atoms with E-state index in [2.05, 4.69) is 5.32 Å². The summed E-state index contributed by atoms with van der Waals surface area (Å²) in [7, 11) is 0. The van der Waals surface area contributed by atoms with Crippen LogP contribution < -0.4 is 10.1 Å². The average molecular weight is 331 g/mol. The molecule has 0 unspecified atom stereocenters. The van der Waals surface area contributed by atoms with Crippen molar-refractivity contribution in [2.24, 2.45) is 0 Å². The first-order valence-electron chi connectivity index (χ1n) is 8.31. The van der Waals surface area contributed by atoms with Crippen LogP contribution in [-0.4, -0.2) is 5.91 Å². The van der Waals surface area contributed by atoms with Gasteiger partial charge < -0.3 is 10.1 Å². The van der Waals surface area contributed by atoms with Gasteiger partial charge in [-0.3, -0.25) is 4.79 Å². The molecule has 3 heteroatoms. The van der Waals surface area contributed by atoms with Gasteiger partial charge in [-0.1, -0.05) is 60.2 Å². The predicted octanol–water partition coefficient (Wildman–Crippen LogP) is 4.76. The third kappa shape index (κ3) is 5.21. The van der Waals surface area contributed by atoms with Gasteiger partial charge >= 0.3 is 0 Å². The van der Waals surface area contributed by atoms with Gasteiger partial charge in [-0.05, 0) is 42.3 Å². The van der Waals surface area contributed by atoms with Crippen molar-refractivity contribution in [2.45, 2.75) is 20.0 Å². The molecule has 0 heterocycles. The topological polar surface area (TPSA) is 38.3 Å². The molecule has 0 spiro atoms. The molecule has 0 saturated heterocycles. The summed E-state index contributed by atoms with van der Waals surface area (Å²) < 4.78 is 5.75. The number of nitrogens with one attached hydrogen (secondary N) is 1. The van der Waals surface area contributed by atoms with E-state index in [1.807, 2.05) is 85.8 Å². The molecule has 25 heavy (non-hydrogen) atoms. The van der Waals surface area contributed by atoms with Gasteiger partial charge in [0, 0.05) is 5.69 Å². The lowest BCUT2D eigenvalue weighted by Crippen LogP contribution is -2.14. The summed E-state index contributed by atoms with van der Waals surface area (Å²) in [5, 5.41) is 2.91. The second kappa shape index (κ2) is 8.15. The standard InChI is InChI=1S/C22H21NO2/c1-17-7-9-18(10-8-17)15-22(24)23-20-11-13-21(14-12-20)25-16-19-5-3-2-4-6-19/h2-14H,15-16H2,1H3,(H,23,24). The van der Waals surface area contributed by atoms with Crippen molar-refractivity contribution in [2.75, 3.05) is 5.32 Å². The molecule has 0 aliphatic heterocycles. The third-order valence-corrected chi connectivity index (χ3v) is 3.87. The van der Waals surface area contributed by atoms with Crippen LogP contribution in [-0.2, 0) is 17.8 Å². The number of carbonyl (C=O) groups excluding carboxylic acids is 1. The third-order valence-electron chi connectivity index (χ3n) is 3.87. The van der Waals surface area contributed by atoms with E-state index in [1.54, 1.807) is 0 Å². The lowest BCUT2D eigenvalue weighted by molar-refractivity contribution is -0.115. The Morgan fingerprint density at radius 1 is 0.840 bits per heavy atom. The number of rotatable bonds is 6. The second-order valence-electron chi connectivity index (χ2n) is 6.01. The van der Waals surface area contributed by atoms with Crippen LogP contribution in [0.3, 0.4) is 0 Å². The first-order chi connectivity index (χ1) is 12.2. The molecule has 0 aliphatic carbocycles. The number of benzene rings is 3. The number of amides is 1. The minimum absolute atomic E-state index is 0.0261. The largest absolute Gasteiger partial charge is 0.489 e. The normalized spacial score (nSPS) is 10.3. The van der Waals surface area contributed by atoms with E-state index in [0.717, 1.165) is 22.6 Å². The van der Waals surface area contributed by atoms with Crippen LogP contribution in [0, 0.1) is 6.92 Å². The van der Waals surface area contributed by atoms with Crippen LogP contribution in [0.2, 0.25) is 0 Å². The summed E-state index contributed by atoms with van der Waals surface area (Å²) in [5.41, 5.74) is 4.09. The summed E-state index contributed by atoms with van der Waals surface area (Å²) in [6.45, 7) is 2.56. The van der Waals surface area contributed by atoms with E-state index in [4.69, 9.17) is 4.74 Å². The summed E-state index contributed by atoms with van der Waals surface area (Å²) in [4.78, 5) is 12.1. The molecule has 0 aromatic heterocycles. The maximum Gasteiger partial charge on any atom is 0.228 e.